The summed E-state index contributed by atoms with van der Waals surface area (Å²) in [5.74, 6) is 0.963. The molecule has 1 amide bonds. The van der Waals surface area contributed by atoms with Crippen LogP contribution < -0.4 is 4.74 Å². The lowest BCUT2D eigenvalue weighted by Crippen LogP contribution is -2.44. The summed E-state index contributed by atoms with van der Waals surface area (Å²) in [6, 6.07) is 23.6. The van der Waals surface area contributed by atoms with Crippen molar-refractivity contribution in [2.24, 2.45) is 4.99 Å². The van der Waals surface area contributed by atoms with E-state index in [4.69, 9.17) is 14.5 Å². The smallest absolute Gasteiger partial charge is 0.410 e. The van der Waals surface area contributed by atoms with Crippen molar-refractivity contribution in [2.75, 3.05) is 13.1 Å². The molecule has 0 aliphatic carbocycles. The van der Waals surface area contributed by atoms with Crippen molar-refractivity contribution in [3.63, 3.8) is 0 Å². The fourth-order valence-electron chi connectivity index (χ4n) is 3.69. The molecule has 4 rings (SSSR count). The van der Waals surface area contributed by atoms with Gasteiger partial charge in [0.05, 0.1) is 5.71 Å². The molecule has 1 aliphatic heterocycles. The van der Waals surface area contributed by atoms with Gasteiger partial charge in [-0.1, -0.05) is 60.7 Å². The van der Waals surface area contributed by atoms with Gasteiger partial charge in [0.25, 0.3) is 0 Å². The molecule has 7 nitrogen and oxygen atoms in total. The van der Waals surface area contributed by atoms with Gasteiger partial charge < -0.3 is 14.4 Å². The predicted molar refractivity (Wildman–Crippen MR) is 132 cm³/mol. The molecule has 1 saturated heterocycles. The van der Waals surface area contributed by atoms with Gasteiger partial charge in [-0.05, 0) is 26.8 Å². The molecule has 0 N–H and O–H groups in total. The summed E-state index contributed by atoms with van der Waals surface area (Å²) in [5, 5.41) is 8.50. The van der Waals surface area contributed by atoms with E-state index in [0.29, 0.717) is 37.6 Å². The summed E-state index contributed by atoms with van der Waals surface area (Å²) in [6.45, 7) is 6.79. The van der Waals surface area contributed by atoms with E-state index < -0.39 is 5.60 Å². The van der Waals surface area contributed by atoms with Crippen LogP contribution in [0.15, 0.2) is 77.8 Å². The number of ether oxygens (including phenoxy) is 2. The average Bonchev–Trinajstić information content (AvgIpc) is 2.84. The van der Waals surface area contributed by atoms with Crippen LogP contribution >= 0.6 is 0 Å². The lowest BCUT2D eigenvalue weighted by molar-refractivity contribution is 0.0122. The van der Waals surface area contributed by atoms with Crippen molar-refractivity contribution in [3.8, 4) is 5.88 Å². The van der Waals surface area contributed by atoms with Gasteiger partial charge in [0.1, 0.15) is 11.7 Å². The van der Waals surface area contributed by atoms with Crippen molar-refractivity contribution in [3.05, 3.63) is 83.9 Å². The van der Waals surface area contributed by atoms with Gasteiger partial charge in [0.15, 0.2) is 5.82 Å². The van der Waals surface area contributed by atoms with E-state index in [-0.39, 0.29) is 12.2 Å². The highest BCUT2D eigenvalue weighted by molar-refractivity contribution is 6.13. The highest BCUT2D eigenvalue weighted by Crippen LogP contribution is 2.21. The van der Waals surface area contributed by atoms with E-state index in [1.165, 1.54) is 0 Å². The molecule has 1 aliphatic rings. The highest BCUT2D eigenvalue weighted by atomic mass is 16.6. The SMILES string of the molecule is CC(C)(C)OC(=O)N1CCC(Oc2ccc(N=C(c3ccccc3)c3ccccc3)nn2)CC1. The number of carbonyl (C=O) groups is 1. The Hall–Kier alpha value is -3.74. The van der Waals surface area contributed by atoms with Crippen LogP contribution in [0.3, 0.4) is 0 Å². The summed E-state index contributed by atoms with van der Waals surface area (Å²) in [5.41, 5.74) is 2.35. The number of aromatic nitrogens is 2. The Balaban J connectivity index is 1.40. The molecule has 0 unspecified atom stereocenters. The lowest BCUT2D eigenvalue weighted by Gasteiger charge is -2.33. The standard InChI is InChI=1S/C27H30N4O3/c1-27(2,3)34-26(32)31-18-16-22(17-19-31)33-24-15-14-23(29-30-24)28-25(20-10-6-4-7-11-20)21-12-8-5-9-13-21/h4-15,22H,16-19H2,1-3H3. The van der Waals surface area contributed by atoms with E-state index >= 15 is 0 Å². The normalized spacial score (nSPS) is 14.4. The monoisotopic (exact) mass is 458 g/mol. The van der Waals surface area contributed by atoms with E-state index in [0.717, 1.165) is 16.8 Å². The molecule has 0 atom stereocenters. The number of likely N-dealkylation sites (tertiary alicyclic amines) is 1. The molecule has 3 aromatic rings. The average molecular weight is 459 g/mol. The zero-order valence-electron chi connectivity index (χ0n) is 19.8. The Morgan fingerprint density at radius 1 is 0.882 bits per heavy atom. The fraction of sp³-hybridized carbons (Fsp3) is 0.333. The van der Waals surface area contributed by atoms with Gasteiger partial charge in [0.2, 0.25) is 5.88 Å². The van der Waals surface area contributed by atoms with E-state index in [2.05, 4.69) is 10.2 Å². The van der Waals surface area contributed by atoms with Gasteiger partial charge in [0, 0.05) is 43.1 Å². The van der Waals surface area contributed by atoms with E-state index in [1.807, 2.05) is 87.5 Å². The van der Waals surface area contributed by atoms with Crippen LogP contribution in [0.5, 0.6) is 5.88 Å². The van der Waals surface area contributed by atoms with Crippen LogP contribution in [0.25, 0.3) is 0 Å². The predicted octanol–water partition coefficient (Wildman–Crippen LogP) is 5.42. The Labute approximate surface area is 200 Å². The largest absolute Gasteiger partial charge is 0.473 e. The molecule has 0 saturated carbocycles. The Morgan fingerprint density at radius 2 is 1.47 bits per heavy atom. The van der Waals surface area contributed by atoms with Crippen LogP contribution in [-0.4, -0.2) is 51.7 Å². The molecule has 0 bridgehead atoms. The Morgan fingerprint density at radius 3 is 1.97 bits per heavy atom. The summed E-state index contributed by atoms with van der Waals surface area (Å²) >= 11 is 0. The first-order valence-electron chi connectivity index (χ1n) is 11.6. The van der Waals surface area contributed by atoms with Gasteiger partial charge in [-0.3, -0.25) is 0 Å². The van der Waals surface area contributed by atoms with Crippen LogP contribution in [0.1, 0.15) is 44.7 Å². The maximum absolute atomic E-state index is 12.2. The molecular formula is C27H30N4O3. The molecule has 1 aromatic heterocycles. The zero-order chi connectivity index (χ0) is 24.0. The highest BCUT2D eigenvalue weighted by Gasteiger charge is 2.27. The van der Waals surface area contributed by atoms with E-state index in [9.17, 15) is 4.79 Å². The van der Waals surface area contributed by atoms with E-state index in [1.54, 1.807) is 11.0 Å². The van der Waals surface area contributed by atoms with Crippen molar-refractivity contribution in [1.29, 1.82) is 0 Å². The van der Waals surface area contributed by atoms with Gasteiger partial charge in [-0.15, -0.1) is 10.2 Å². The first-order valence-corrected chi connectivity index (χ1v) is 11.6. The topological polar surface area (TPSA) is 76.9 Å². The second-order valence-electron chi connectivity index (χ2n) is 9.21. The number of amides is 1. The molecule has 1 fully saturated rings. The molecule has 7 heteroatoms. The number of piperidine rings is 1. The van der Waals surface area contributed by atoms with Gasteiger partial charge in [-0.2, -0.15) is 0 Å². The number of hydrogen-bond donors (Lipinski definition) is 0. The maximum Gasteiger partial charge on any atom is 0.410 e. The number of benzene rings is 2. The Bertz CT molecular complexity index is 1060. The minimum absolute atomic E-state index is 0.0217. The first-order chi connectivity index (χ1) is 16.4. The summed E-state index contributed by atoms with van der Waals surface area (Å²) in [4.78, 5) is 18.7. The summed E-state index contributed by atoms with van der Waals surface area (Å²) in [6.07, 6.45) is 1.13. The lowest BCUT2D eigenvalue weighted by atomic mass is 10.0. The van der Waals surface area contributed by atoms with Crippen LogP contribution in [0, 0.1) is 0 Å². The molecule has 176 valence electrons. The third kappa shape index (κ3) is 6.41. The van der Waals surface area contributed by atoms with Crippen molar-refractivity contribution in [1.82, 2.24) is 15.1 Å². The zero-order valence-corrected chi connectivity index (χ0v) is 19.8. The van der Waals surface area contributed by atoms with Crippen molar-refractivity contribution >= 4 is 17.6 Å². The second kappa shape index (κ2) is 10.5. The molecule has 0 radical (unpaired) electrons. The third-order valence-electron chi connectivity index (χ3n) is 5.33. The molecule has 0 spiro atoms. The third-order valence-corrected chi connectivity index (χ3v) is 5.33. The van der Waals surface area contributed by atoms with Gasteiger partial charge >= 0.3 is 6.09 Å². The van der Waals surface area contributed by atoms with Crippen LogP contribution in [0.2, 0.25) is 0 Å². The van der Waals surface area contributed by atoms with Gasteiger partial charge in [-0.25, -0.2) is 9.79 Å². The van der Waals surface area contributed by atoms with Crippen molar-refractivity contribution in [2.45, 2.75) is 45.3 Å². The quantitative estimate of drug-likeness (QED) is 0.477. The minimum Gasteiger partial charge on any atom is -0.473 e. The fourth-order valence-corrected chi connectivity index (χ4v) is 3.69. The molecule has 2 heterocycles. The second-order valence-corrected chi connectivity index (χ2v) is 9.21. The van der Waals surface area contributed by atoms with Crippen molar-refractivity contribution < 1.29 is 14.3 Å². The molecular weight excluding hydrogens is 428 g/mol. The maximum atomic E-state index is 12.2. The number of nitrogens with zero attached hydrogens (tertiary/aromatic N) is 4. The van der Waals surface area contributed by atoms with Crippen LogP contribution in [0.4, 0.5) is 10.6 Å². The van der Waals surface area contributed by atoms with Crippen LogP contribution in [-0.2, 0) is 4.74 Å². The molecule has 2 aromatic carbocycles. The number of carbonyl (C=O) groups excluding carboxylic acids is 1. The summed E-state index contributed by atoms with van der Waals surface area (Å²) in [7, 11) is 0. The Kier molecular flexibility index (Phi) is 7.21. The minimum atomic E-state index is -0.495. The molecule has 34 heavy (non-hydrogen) atoms. The number of aliphatic imine (C=N–C) groups is 1. The summed E-state index contributed by atoms with van der Waals surface area (Å²) < 4.78 is 11.5. The first kappa shape index (κ1) is 23.4. The number of hydrogen-bond acceptors (Lipinski definition) is 6. The number of rotatable bonds is 5.